The molecule has 6 aromatic rings. The molecule has 2 heterocycles. The third kappa shape index (κ3) is 17.6. The normalized spacial score (nSPS) is 10.2. The Balaban J connectivity index is 0.00000401. The Kier molecular flexibility index (Phi) is 26.0. The molecule has 66 heavy (non-hydrogen) atoms. The zero-order valence-corrected chi connectivity index (χ0v) is 38.0. The van der Waals surface area contributed by atoms with Crippen LogP contribution in [0.25, 0.3) is 11.3 Å². The molecule has 2 aromatic heterocycles. The standard InChI is InChI=1S/C36H26N10O7S3.2CO2.4Li/c1-21-30(20-37)33(39-25-12-16-28(17-13-25)55(48,49)50)42-34(40-26-14-18-29(19-15-26)56(51,52)53)31(21)44-46-36-41-32(23-8-10-24(11-9-23)38-22(2)47)35(54-36)45-43-27-6-4-3-5-7-27;2*2-1-3;;;;/h3,6-19H,1-2H3,(H,38,47)(H2,39,40,42)(H,48,49,50)(H,51,52,53);;;;;;/q-2;;;4*+1/p-2. The van der Waals surface area contributed by atoms with E-state index in [2.05, 4.69) is 64.6 Å². The van der Waals surface area contributed by atoms with Crippen LogP contribution in [0.4, 0.5) is 50.2 Å². The maximum Gasteiger partial charge on any atom is 1.00 e. The van der Waals surface area contributed by atoms with Crippen LogP contribution in [0.5, 0.6) is 0 Å². The number of azo groups is 2. The van der Waals surface area contributed by atoms with Gasteiger partial charge in [0, 0.05) is 35.1 Å². The van der Waals surface area contributed by atoms with E-state index in [-0.39, 0.29) is 127 Å². The zero-order valence-electron chi connectivity index (χ0n) is 35.5. The average molecular weight is 921 g/mol. The first kappa shape index (κ1) is 60.4. The molecule has 0 atom stereocenters. The molecular weight excluding hydrogens is 896 g/mol. The van der Waals surface area contributed by atoms with Gasteiger partial charge in [-0.25, -0.2) is 26.8 Å². The Morgan fingerprint density at radius 2 is 1.17 bits per heavy atom. The second-order valence-electron chi connectivity index (χ2n) is 11.6. The van der Waals surface area contributed by atoms with Crippen molar-refractivity contribution in [2.75, 3.05) is 16.0 Å². The number of rotatable bonds is 12. The number of hydrogen-bond donors (Lipinski definition) is 3. The molecule has 0 aliphatic carbocycles. The fraction of sp³-hybridized carbons (Fsp3) is 0.0526. The predicted molar refractivity (Wildman–Crippen MR) is 213 cm³/mol. The first-order chi connectivity index (χ1) is 29.5. The number of carbonyl (C=O) groups is 1. The van der Waals surface area contributed by atoms with Crippen LogP contribution in [0.15, 0.2) is 121 Å². The molecule has 0 aliphatic heterocycles. The summed E-state index contributed by atoms with van der Waals surface area (Å²) >= 11 is 1.05. The van der Waals surface area contributed by atoms with Crippen molar-refractivity contribution in [3.8, 4) is 17.3 Å². The van der Waals surface area contributed by atoms with Crippen molar-refractivity contribution in [3.63, 3.8) is 0 Å². The molecule has 0 unspecified atom stereocenters. The summed E-state index contributed by atoms with van der Waals surface area (Å²) in [4.78, 5) is 52.3. The van der Waals surface area contributed by atoms with Crippen LogP contribution < -0.4 is 91.4 Å². The summed E-state index contributed by atoms with van der Waals surface area (Å²) in [7, 11) is -9.44. The maximum atomic E-state index is 11.5. The van der Waals surface area contributed by atoms with Crippen LogP contribution in [-0.2, 0) is 44.2 Å². The number of nitrogens with one attached hydrogen (secondary N) is 3. The van der Waals surface area contributed by atoms with Crippen molar-refractivity contribution in [2.45, 2.75) is 23.6 Å². The summed E-state index contributed by atoms with van der Waals surface area (Å²) < 4.78 is 68.9. The van der Waals surface area contributed by atoms with Crippen LogP contribution in [0, 0.1) is 30.4 Å². The van der Waals surface area contributed by atoms with Gasteiger partial charge in [-0.2, -0.15) is 29.6 Å². The number of carbonyl (C=O) groups excluding carboxylic acids is 5. The Morgan fingerprint density at radius 1 is 0.697 bits per heavy atom. The molecule has 1 amide bonds. The van der Waals surface area contributed by atoms with Gasteiger partial charge in [0.2, 0.25) is 11.0 Å². The van der Waals surface area contributed by atoms with E-state index < -0.39 is 30.0 Å². The van der Waals surface area contributed by atoms with Crippen molar-refractivity contribution in [3.05, 3.63) is 114 Å². The molecule has 4 aromatic carbocycles. The number of anilines is 5. The number of aromatic nitrogens is 2. The fourth-order valence-electron chi connectivity index (χ4n) is 4.93. The predicted octanol–water partition coefficient (Wildman–Crippen LogP) is -5.08. The van der Waals surface area contributed by atoms with Crippen LogP contribution >= 0.6 is 11.3 Å². The molecule has 0 saturated carbocycles. The molecule has 28 heteroatoms. The Labute approximate surface area is 428 Å². The zero-order chi connectivity index (χ0) is 45.5. The van der Waals surface area contributed by atoms with E-state index in [9.17, 15) is 36.0 Å². The van der Waals surface area contributed by atoms with Crippen molar-refractivity contribution in [1.82, 2.24) is 9.97 Å². The van der Waals surface area contributed by atoms with Gasteiger partial charge in [0.15, 0.2) is 16.6 Å². The van der Waals surface area contributed by atoms with E-state index in [1.54, 1.807) is 49.4 Å². The number of thiazole rings is 1. The molecule has 0 fully saturated rings. The second kappa shape index (κ2) is 28.4. The van der Waals surface area contributed by atoms with Gasteiger partial charge in [-0.3, -0.25) is 22.0 Å². The molecule has 0 aliphatic rings. The van der Waals surface area contributed by atoms with Crippen LogP contribution in [0.2, 0.25) is 0 Å². The van der Waals surface area contributed by atoms with E-state index in [4.69, 9.17) is 19.2 Å². The number of benzene rings is 4. The molecule has 21 nitrogen and oxygen atoms in total. The van der Waals surface area contributed by atoms with E-state index in [1.165, 1.54) is 31.2 Å². The van der Waals surface area contributed by atoms with Gasteiger partial charge in [-0.05, 0) is 67.6 Å². The summed E-state index contributed by atoms with van der Waals surface area (Å²) in [5, 5.41) is 36.9. The number of amides is 1. The topological polar surface area (TPSA) is 335 Å². The van der Waals surface area contributed by atoms with Gasteiger partial charge in [-0.15, -0.1) is 15.9 Å². The smallest absolute Gasteiger partial charge is 0.744 e. The molecular formula is C38H24Li4N10O11S3. The minimum atomic E-state index is -4.73. The first-order valence-corrected chi connectivity index (χ1v) is 20.3. The van der Waals surface area contributed by atoms with Gasteiger partial charge < -0.3 is 43.3 Å². The molecule has 0 saturated heterocycles. The number of nitriles is 1. The van der Waals surface area contributed by atoms with Gasteiger partial charge in [0.05, 0.1) is 15.4 Å². The van der Waals surface area contributed by atoms with Gasteiger partial charge in [0.25, 0.3) is 0 Å². The van der Waals surface area contributed by atoms with Crippen molar-refractivity contribution < 1.29 is 125 Å². The van der Waals surface area contributed by atoms with Gasteiger partial charge in [0.1, 0.15) is 37.7 Å². The Morgan fingerprint density at radius 3 is 1.62 bits per heavy atom. The van der Waals surface area contributed by atoms with Crippen molar-refractivity contribution in [2.24, 2.45) is 20.5 Å². The summed E-state index contributed by atoms with van der Waals surface area (Å²) in [6.45, 7) is 2.98. The van der Waals surface area contributed by atoms with E-state index >= 15 is 0 Å². The summed E-state index contributed by atoms with van der Waals surface area (Å²) in [5.74, 6) is -0.187. The van der Waals surface area contributed by atoms with Crippen molar-refractivity contribution in [1.29, 1.82) is 5.26 Å². The second-order valence-corrected chi connectivity index (χ2v) is 15.4. The molecule has 0 bridgehead atoms. The number of pyridine rings is 1. The first-order valence-electron chi connectivity index (χ1n) is 16.7. The molecule has 314 valence electrons. The molecule has 3 N–H and O–H groups in total. The quantitative estimate of drug-likeness (QED) is 0.0448. The molecule has 0 radical (unpaired) electrons. The largest absolute Gasteiger partial charge is 1.00 e. The van der Waals surface area contributed by atoms with E-state index in [0.717, 1.165) is 35.6 Å². The average Bonchev–Trinajstić information content (AvgIpc) is 3.63. The number of hydrogen-bond acceptors (Lipinski definition) is 21. The van der Waals surface area contributed by atoms with Gasteiger partial charge >= 0.3 is 87.7 Å². The SMILES string of the molecule is CC(=O)Nc1ccc(-c2nc(N=Nc3c(Nc4ccc(S(=O)(=O)[O-])cc4)nc(Nc4ccc(S(=O)(=O)[O-])cc4)c(C#N)c3C)sc2N=Nc2c[c-]c[c-]c2)cc1.O=C=O.O=C=O.[Li+].[Li+].[Li+].[Li+]. The minimum absolute atomic E-state index is 0. The third-order valence-electron chi connectivity index (χ3n) is 7.54. The minimum Gasteiger partial charge on any atom is -0.744 e. The summed E-state index contributed by atoms with van der Waals surface area (Å²) in [6.07, 6.45) is 0.500. The fourth-order valence-corrected chi connectivity index (χ4v) is 6.60. The van der Waals surface area contributed by atoms with E-state index in [0.29, 0.717) is 39.0 Å². The monoisotopic (exact) mass is 920 g/mol. The molecule has 0 spiro atoms. The van der Waals surface area contributed by atoms with Gasteiger partial charge in [-0.1, -0.05) is 23.5 Å². The molecule has 6 rings (SSSR count). The number of nitrogens with zero attached hydrogens (tertiary/aromatic N) is 7. The van der Waals surface area contributed by atoms with E-state index in [1.807, 2.05) is 0 Å². The van der Waals surface area contributed by atoms with Crippen molar-refractivity contribution >= 4 is 100.0 Å². The summed E-state index contributed by atoms with van der Waals surface area (Å²) in [6, 6.07) is 29.3. The third-order valence-corrected chi connectivity index (χ3v) is 10.1. The Hall–Kier alpha value is -5.61. The van der Waals surface area contributed by atoms with Crippen LogP contribution in [0.1, 0.15) is 18.1 Å². The van der Waals surface area contributed by atoms with Crippen LogP contribution in [0.3, 0.4) is 0 Å². The maximum absolute atomic E-state index is 11.5. The Bertz CT molecular complexity index is 2970. The summed E-state index contributed by atoms with van der Waals surface area (Å²) in [5.41, 5.74) is 3.07. The van der Waals surface area contributed by atoms with Crippen LogP contribution in [-0.4, -0.2) is 54.1 Å².